The Balaban J connectivity index is 1.40. The lowest BCUT2D eigenvalue weighted by atomic mass is 9.66. The Kier molecular flexibility index (Phi) is 4.69. The van der Waals surface area contributed by atoms with Crippen LogP contribution in [-0.4, -0.2) is 39.5 Å². The topological polar surface area (TPSA) is 69.6 Å². The van der Waals surface area contributed by atoms with Crippen molar-refractivity contribution in [2.24, 2.45) is 5.92 Å². The Labute approximate surface area is 188 Å². The van der Waals surface area contributed by atoms with Gasteiger partial charge >= 0.3 is 5.92 Å². The van der Waals surface area contributed by atoms with E-state index in [1.165, 1.54) is 12.1 Å². The molecule has 32 heavy (non-hydrogen) atoms. The van der Waals surface area contributed by atoms with Crippen molar-refractivity contribution in [3.8, 4) is 0 Å². The van der Waals surface area contributed by atoms with E-state index in [0.717, 1.165) is 17.0 Å². The monoisotopic (exact) mass is 512 g/mol. The molecule has 0 aromatic heterocycles. The molecule has 3 fully saturated rings. The second-order valence-electron chi connectivity index (χ2n) is 8.64. The maximum absolute atomic E-state index is 15.2. The molecule has 2 N–H and O–H groups in total. The van der Waals surface area contributed by atoms with Gasteiger partial charge in [-0.2, -0.15) is 8.78 Å². The smallest absolute Gasteiger partial charge is 0.352 e. The van der Waals surface area contributed by atoms with Gasteiger partial charge in [0.05, 0.1) is 15.6 Å². The van der Waals surface area contributed by atoms with Crippen molar-refractivity contribution in [1.82, 2.24) is 4.90 Å². The molecule has 2 aromatic carbocycles. The maximum atomic E-state index is 15.2. The third kappa shape index (κ3) is 3.07. The number of fused-ring (bicyclic) bond motifs is 1. The summed E-state index contributed by atoms with van der Waals surface area (Å²) in [6, 6.07) is 5.11. The van der Waals surface area contributed by atoms with Crippen LogP contribution < -0.4 is 5.32 Å². The van der Waals surface area contributed by atoms with Gasteiger partial charge in [-0.15, -0.1) is 0 Å². The summed E-state index contributed by atoms with van der Waals surface area (Å²) in [4.78, 5) is 26.4. The van der Waals surface area contributed by atoms with Crippen molar-refractivity contribution in [1.29, 1.82) is 0 Å². The number of rotatable bonds is 4. The number of carbonyl (C=O) groups excluding carboxylic acids is 2. The summed E-state index contributed by atoms with van der Waals surface area (Å²) in [6.45, 7) is 0. The Morgan fingerprint density at radius 3 is 2.47 bits per heavy atom. The predicted molar refractivity (Wildman–Crippen MR) is 109 cm³/mol. The molecule has 1 aliphatic heterocycles. The number of aliphatic hydroxyl groups is 1. The van der Waals surface area contributed by atoms with Crippen molar-refractivity contribution in [3.05, 3.63) is 63.6 Å². The highest BCUT2D eigenvalue weighted by molar-refractivity contribution is 9.10. The quantitative estimate of drug-likeness (QED) is 0.603. The van der Waals surface area contributed by atoms with E-state index >= 15 is 8.78 Å². The fourth-order valence-corrected chi connectivity index (χ4v) is 5.68. The molecule has 10 heteroatoms. The SMILES string of the molecule is O=C(Nc1ccc(F)c(Br)c1)c1ccc(F)c(C(F)(F)C(=O)N2[C@H]3CC4[C@@H]2C[C@]4(O)C3)c1. The van der Waals surface area contributed by atoms with Crippen LogP contribution in [0, 0.1) is 17.6 Å². The number of nitrogens with zero attached hydrogens (tertiary/aromatic N) is 1. The van der Waals surface area contributed by atoms with Crippen LogP contribution in [0.1, 0.15) is 35.2 Å². The van der Waals surface area contributed by atoms with Crippen molar-refractivity contribution in [3.63, 3.8) is 0 Å². The van der Waals surface area contributed by atoms with E-state index in [9.17, 15) is 23.5 Å². The van der Waals surface area contributed by atoms with E-state index in [0.29, 0.717) is 18.6 Å². The third-order valence-corrected chi connectivity index (χ3v) is 7.44. The minimum absolute atomic E-state index is 0.0926. The minimum atomic E-state index is -4.18. The number of halogens is 5. The first-order valence-electron chi connectivity index (χ1n) is 10.0. The molecule has 4 atom stereocenters. The molecule has 168 valence electrons. The lowest BCUT2D eigenvalue weighted by molar-refractivity contribution is -0.189. The lowest BCUT2D eigenvalue weighted by Crippen LogP contribution is -2.66. The fourth-order valence-electron chi connectivity index (χ4n) is 5.30. The average molecular weight is 513 g/mol. The first-order chi connectivity index (χ1) is 15.0. The van der Waals surface area contributed by atoms with Crippen molar-refractivity contribution in [2.75, 3.05) is 5.32 Å². The number of nitrogens with one attached hydrogen (secondary N) is 1. The standard InChI is InChI=1S/C22H17BrF4N2O3/c23-15-6-11(2-4-17(15)25)28-19(30)10-1-3-16(24)13(5-10)22(26,27)20(31)29-12-7-14-18(29)9-21(14,32)8-12/h1-6,12,14,18,32H,7-9H2,(H,28,30)/t12-,14?,18-,21+/m0/s1. The molecule has 2 aromatic rings. The zero-order chi connectivity index (χ0) is 23.0. The van der Waals surface area contributed by atoms with Gasteiger partial charge in [-0.3, -0.25) is 9.59 Å². The van der Waals surface area contributed by atoms with Gasteiger partial charge in [0.25, 0.3) is 11.8 Å². The fraction of sp³-hybridized carbons (Fsp3) is 0.364. The Morgan fingerprint density at radius 1 is 1.12 bits per heavy atom. The summed E-state index contributed by atoms with van der Waals surface area (Å²) >= 11 is 2.98. The van der Waals surface area contributed by atoms with E-state index in [1.807, 2.05) is 0 Å². The molecule has 1 saturated heterocycles. The maximum Gasteiger partial charge on any atom is 0.352 e. The average Bonchev–Trinajstić information content (AvgIpc) is 3.16. The molecule has 5 rings (SSSR count). The van der Waals surface area contributed by atoms with Crippen LogP contribution in [0.25, 0.3) is 0 Å². The molecule has 2 saturated carbocycles. The number of carbonyl (C=O) groups is 2. The number of piperidine rings is 2. The van der Waals surface area contributed by atoms with Crippen LogP contribution in [0.15, 0.2) is 40.9 Å². The largest absolute Gasteiger partial charge is 0.389 e. The van der Waals surface area contributed by atoms with Gasteiger partial charge in [0.1, 0.15) is 11.6 Å². The van der Waals surface area contributed by atoms with Gasteiger partial charge < -0.3 is 15.3 Å². The second-order valence-corrected chi connectivity index (χ2v) is 9.49. The van der Waals surface area contributed by atoms with Gasteiger partial charge in [0, 0.05) is 29.3 Å². The van der Waals surface area contributed by atoms with Crippen molar-refractivity contribution in [2.45, 2.75) is 42.9 Å². The van der Waals surface area contributed by atoms with E-state index in [-0.39, 0.29) is 34.5 Å². The number of benzene rings is 2. The Morgan fingerprint density at radius 2 is 1.84 bits per heavy atom. The zero-order valence-corrected chi connectivity index (χ0v) is 18.0. The number of alkyl halides is 2. The molecule has 1 unspecified atom stereocenters. The first-order valence-corrected chi connectivity index (χ1v) is 10.8. The number of anilines is 1. The van der Waals surface area contributed by atoms with E-state index in [4.69, 9.17) is 0 Å². The lowest BCUT2D eigenvalue weighted by Gasteiger charge is -2.54. The van der Waals surface area contributed by atoms with Gasteiger partial charge in [-0.05, 0) is 71.6 Å². The summed E-state index contributed by atoms with van der Waals surface area (Å²) < 4.78 is 58.2. The van der Waals surface area contributed by atoms with Crippen LogP contribution in [0.4, 0.5) is 23.2 Å². The minimum Gasteiger partial charge on any atom is -0.389 e. The first kappa shape index (κ1) is 21.4. The summed E-state index contributed by atoms with van der Waals surface area (Å²) in [5.74, 6) is -8.60. The number of likely N-dealkylation sites (tertiary alicyclic amines) is 1. The molecule has 5 nitrogen and oxygen atoms in total. The summed E-state index contributed by atoms with van der Waals surface area (Å²) in [5, 5.41) is 12.7. The van der Waals surface area contributed by atoms with E-state index in [1.54, 1.807) is 0 Å². The van der Waals surface area contributed by atoms with E-state index < -0.39 is 52.6 Å². The second kappa shape index (κ2) is 7.02. The van der Waals surface area contributed by atoms with E-state index in [2.05, 4.69) is 21.2 Å². The van der Waals surface area contributed by atoms with Crippen molar-refractivity contribution < 1.29 is 32.3 Å². The summed E-state index contributed by atoms with van der Waals surface area (Å²) in [6.07, 6.45) is 0.948. The number of hydrogen-bond donors (Lipinski definition) is 2. The van der Waals surface area contributed by atoms with Gasteiger partial charge in [0.2, 0.25) is 0 Å². The van der Waals surface area contributed by atoms with Gasteiger partial charge in [-0.1, -0.05) is 0 Å². The third-order valence-electron chi connectivity index (χ3n) is 6.83. The molecule has 0 radical (unpaired) electrons. The van der Waals surface area contributed by atoms with Crippen LogP contribution in [0.3, 0.4) is 0 Å². The highest BCUT2D eigenvalue weighted by Crippen LogP contribution is 2.61. The van der Waals surface area contributed by atoms with Gasteiger partial charge in [0.15, 0.2) is 0 Å². The Hall–Kier alpha value is -2.46. The van der Waals surface area contributed by atoms with Crippen LogP contribution in [0.5, 0.6) is 0 Å². The predicted octanol–water partition coefficient (Wildman–Crippen LogP) is 4.20. The molecule has 1 heterocycles. The molecule has 0 spiro atoms. The Bertz CT molecular complexity index is 1160. The number of hydrogen-bond acceptors (Lipinski definition) is 3. The van der Waals surface area contributed by atoms with Crippen LogP contribution >= 0.6 is 15.9 Å². The van der Waals surface area contributed by atoms with Crippen LogP contribution in [-0.2, 0) is 10.7 Å². The normalized spacial score (nSPS) is 27.9. The highest BCUT2D eigenvalue weighted by atomic mass is 79.9. The molecule has 2 bridgehead atoms. The summed E-state index contributed by atoms with van der Waals surface area (Å²) in [7, 11) is 0. The molecular formula is C22H17BrF4N2O3. The molecular weight excluding hydrogens is 496 g/mol. The number of amides is 2. The van der Waals surface area contributed by atoms with Crippen molar-refractivity contribution >= 4 is 33.4 Å². The molecule has 2 amide bonds. The van der Waals surface area contributed by atoms with Crippen LogP contribution in [0.2, 0.25) is 0 Å². The zero-order valence-electron chi connectivity index (χ0n) is 16.4. The summed E-state index contributed by atoms with van der Waals surface area (Å²) in [5.41, 5.74) is -2.15. The molecule has 3 aliphatic rings. The van der Waals surface area contributed by atoms with Gasteiger partial charge in [-0.25, -0.2) is 8.78 Å². The molecule has 2 aliphatic carbocycles. The highest BCUT2D eigenvalue weighted by Gasteiger charge is 2.70.